The van der Waals surface area contributed by atoms with Crippen molar-refractivity contribution in [2.24, 2.45) is 5.92 Å². The van der Waals surface area contributed by atoms with Crippen LogP contribution in [-0.2, 0) is 0 Å². The molecular formula is C13H22O. The SMILES string of the molecule is C=C(/C=C\C(=C)C(C)O)CCC(C)C. The number of rotatable bonds is 6. The van der Waals surface area contributed by atoms with Crippen LogP contribution in [0.4, 0.5) is 0 Å². The molecule has 14 heavy (non-hydrogen) atoms. The van der Waals surface area contributed by atoms with Gasteiger partial charge >= 0.3 is 0 Å². The molecule has 0 aliphatic rings. The van der Waals surface area contributed by atoms with Crippen molar-refractivity contribution in [1.82, 2.24) is 0 Å². The highest BCUT2D eigenvalue weighted by Crippen LogP contribution is 2.12. The smallest absolute Gasteiger partial charge is 0.0756 e. The molecule has 80 valence electrons. The predicted molar refractivity (Wildman–Crippen MR) is 63.2 cm³/mol. The van der Waals surface area contributed by atoms with Gasteiger partial charge in [0.05, 0.1) is 6.10 Å². The molecule has 0 fully saturated rings. The van der Waals surface area contributed by atoms with Gasteiger partial charge in [0.1, 0.15) is 0 Å². The molecule has 1 atom stereocenters. The van der Waals surface area contributed by atoms with Crippen molar-refractivity contribution in [2.45, 2.75) is 39.7 Å². The van der Waals surface area contributed by atoms with E-state index in [9.17, 15) is 5.11 Å². The van der Waals surface area contributed by atoms with E-state index in [-0.39, 0.29) is 0 Å². The van der Waals surface area contributed by atoms with E-state index in [1.54, 1.807) is 6.92 Å². The van der Waals surface area contributed by atoms with Crippen LogP contribution in [0, 0.1) is 5.92 Å². The topological polar surface area (TPSA) is 20.2 Å². The monoisotopic (exact) mass is 194 g/mol. The minimum absolute atomic E-state index is 0.468. The molecule has 0 saturated heterocycles. The lowest BCUT2D eigenvalue weighted by molar-refractivity contribution is 0.236. The summed E-state index contributed by atoms with van der Waals surface area (Å²) < 4.78 is 0. The zero-order valence-electron chi connectivity index (χ0n) is 9.59. The van der Waals surface area contributed by atoms with E-state index in [1.807, 2.05) is 12.2 Å². The highest BCUT2D eigenvalue weighted by Gasteiger charge is 1.98. The second kappa shape index (κ2) is 6.61. The number of hydrogen-bond donors (Lipinski definition) is 1. The molecule has 0 aliphatic carbocycles. The Bertz CT molecular complexity index is 221. The Morgan fingerprint density at radius 2 is 1.79 bits per heavy atom. The second-order valence-electron chi connectivity index (χ2n) is 4.17. The normalized spacial score (nSPS) is 13.5. The highest BCUT2D eigenvalue weighted by atomic mass is 16.3. The average molecular weight is 194 g/mol. The van der Waals surface area contributed by atoms with Gasteiger partial charge < -0.3 is 5.11 Å². The molecule has 0 bridgehead atoms. The molecule has 0 saturated carbocycles. The van der Waals surface area contributed by atoms with Crippen molar-refractivity contribution in [2.75, 3.05) is 0 Å². The molecule has 0 rings (SSSR count). The van der Waals surface area contributed by atoms with Crippen LogP contribution < -0.4 is 0 Å². The van der Waals surface area contributed by atoms with Crippen molar-refractivity contribution in [3.05, 3.63) is 36.5 Å². The summed E-state index contributed by atoms with van der Waals surface area (Å²) in [6.45, 7) is 13.8. The lowest BCUT2D eigenvalue weighted by atomic mass is 10.0. The fraction of sp³-hybridized carbons (Fsp3) is 0.538. The van der Waals surface area contributed by atoms with Crippen molar-refractivity contribution >= 4 is 0 Å². The van der Waals surface area contributed by atoms with Gasteiger partial charge in [-0.05, 0) is 31.3 Å². The Balaban J connectivity index is 3.88. The number of aliphatic hydroxyl groups excluding tert-OH is 1. The standard InChI is InChI=1S/C13H22O/c1-10(2)6-7-11(3)8-9-12(4)13(5)14/h8-10,13-14H,3-4,6-7H2,1-2,5H3/b9-8-. The van der Waals surface area contributed by atoms with Gasteiger partial charge in [-0.25, -0.2) is 0 Å². The molecule has 0 aromatic heterocycles. The predicted octanol–water partition coefficient (Wildman–Crippen LogP) is 3.47. The summed E-state index contributed by atoms with van der Waals surface area (Å²) in [5, 5.41) is 9.17. The average Bonchev–Trinajstić information content (AvgIpc) is 2.10. The van der Waals surface area contributed by atoms with Crippen molar-refractivity contribution in [3.8, 4) is 0 Å². The summed E-state index contributed by atoms with van der Waals surface area (Å²) >= 11 is 0. The van der Waals surface area contributed by atoms with Crippen molar-refractivity contribution < 1.29 is 5.11 Å². The minimum atomic E-state index is -0.468. The van der Waals surface area contributed by atoms with E-state index in [0.29, 0.717) is 5.92 Å². The highest BCUT2D eigenvalue weighted by molar-refractivity contribution is 5.26. The molecule has 0 heterocycles. The molecule has 1 unspecified atom stereocenters. The van der Waals surface area contributed by atoms with Gasteiger partial charge in [0.25, 0.3) is 0 Å². The van der Waals surface area contributed by atoms with Gasteiger partial charge in [0, 0.05) is 0 Å². The van der Waals surface area contributed by atoms with Crippen LogP contribution in [0.25, 0.3) is 0 Å². The van der Waals surface area contributed by atoms with Gasteiger partial charge in [-0.2, -0.15) is 0 Å². The zero-order valence-corrected chi connectivity index (χ0v) is 9.59. The molecule has 0 amide bonds. The summed E-state index contributed by atoms with van der Waals surface area (Å²) in [7, 11) is 0. The Labute approximate surface area is 87.8 Å². The lowest BCUT2D eigenvalue weighted by Crippen LogP contribution is -2.00. The number of allylic oxidation sites excluding steroid dienone is 2. The summed E-state index contributed by atoms with van der Waals surface area (Å²) in [4.78, 5) is 0. The molecule has 0 aromatic carbocycles. The van der Waals surface area contributed by atoms with E-state index in [4.69, 9.17) is 0 Å². The largest absolute Gasteiger partial charge is 0.389 e. The lowest BCUT2D eigenvalue weighted by Gasteiger charge is -2.05. The molecular weight excluding hydrogens is 172 g/mol. The van der Waals surface area contributed by atoms with Crippen LogP contribution in [0.2, 0.25) is 0 Å². The zero-order chi connectivity index (χ0) is 11.1. The Morgan fingerprint density at radius 3 is 2.21 bits per heavy atom. The maximum absolute atomic E-state index is 9.17. The molecule has 1 heteroatoms. The summed E-state index contributed by atoms with van der Waals surface area (Å²) in [5.74, 6) is 0.708. The van der Waals surface area contributed by atoms with Gasteiger partial charge in [-0.1, -0.05) is 44.7 Å². The number of hydrogen-bond acceptors (Lipinski definition) is 1. The fourth-order valence-corrected chi connectivity index (χ4v) is 0.922. The quantitative estimate of drug-likeness (QED) is 0.642. The molecule has 0 aromatic rings. The third-order valence-electron chi connectivity index (χ3n) is 2.11. The second-order valence-corrected chi connectivity index (χ2v) is 4.17. The van der Waals surface area contributed by atoms with Gasteiger partial charge in [0.2, 0.25) is 0 Å². The molecule has 0 spiro atoms. The third kappa shape index (κ3) is 6.67. The summed E-state index contributed by atoms with van der Waals surface area (Å²) in [6, 6.07) is 0. The van der Waals surface area contributed by atoms with Gasteiger partial charge in [-0.3, -0.25) is 0 Å². The van der Waals surface area contributed by atoms with Crippen LogP contribution in [0.15, 0.2) is 36.5 Å². The van der Waals surface area contributed by atoms with Crippen LogP contribution >= 0.6 is 0 Å². The first kappa shape index (κ1) is 13.2. The van der Waals surface area contributed by atoms with E-state index >= 15 is 0 Å². The van der Waals surface area contributed by atoms with Gasteiger partial charge in [-0.15, -0.1) is 0 Å². The van der Waals surface area contributed by atoms with E-state index < -0.39 is 6.10 Å². The van der Waals surface area contributed by atoms with Crippen LogP contribution in [0.5, 0.6) is 0 Å². The van der Waals surface area contributed by atoms with Crippen LogP contribution in [0.3, 0.4) is 0 Å². The summed E-state index contributed by atoms with van der Waals surface area (Å²) in [6.07, 6.45) is 5.49. The molecule has 0 radical (unpaired) electrons. The maximum atomic E-state index is 9.17. The van der Waals surface area contributed by atoms with Crippen molar-refractivity contribution in [3.63, 3.8) is 0 Å². The van der Waals surface area contributed by atoms with E-state index in [0.717, 1.165) is 24.0 Å². The third-order valence-corrected chi connectivity index (χ3v) is 2.11. The molecule has 0 aliphatic heterocycles. The van der Waals surface area contributed by atoms with Gasteiger partial charge in [0.15, 0.2) is 0 Å². The Hall–Kier alpha value is -0.820. The number of aliphatic hydroxyl groups is 1. The maximum Gasteiger partial charge on any atom is 0.0756 e. The summed E-state index contributed by atoms with van der Waals surface area (Å²) in [5.41, 5.74) is 1.83. The minimum Gasteiger partial charge on any atom is -0.389 e. The molecule has 1 nitrogen and oxygen atoms in total. The first-order valence-corrected chi connectivity index (χ1v) is 5.16. The first-order chi connectivity index (χ1) is 6.43. The Kier molecular flexibility index (Phi) is 6.22. The van der Waals surface area contributed by atoms with Crippen molar-refractivity contribution in [1.29, 1.82) is 0 Å². The van der Waals surface area contributed by atoms with Crippen LogP contribution in [0.1, 0.15) is 33.6 Å². The van der Waals surface area contributed by atoms with Crippen LogP contribution in [-0.4, -0.2) is 11.2 Å². The van der Waals surface area contributed by atoms with E-state index in [2.05, 4.69) is 27.0 Å². The Morgan fingerprint density at radius 1 is 1.21 bits per heavy atom. The molecule has 1 N–H and O–H groups in total. The van der Waals surface area contributed by atoms with E-state index in [1.165, 1.54) is 0 Å². The fourth-order valence-electron chi connectivity index (χ4n) is 0.922. The first-order valence-electron chi connectivity index (χ1n) is 5.16.